The van der Waals surface area contributed by atoms with Crippen molar-refractivity contribution in [1.82, 2.24) is 9.97 Å². The van der Waals surface area contributed by atoms with Crippen LogP contribution in [0.2, 0.25) is 0 Å². The molecule has 0 radical (unpaired) electrons. The average Bonchev–Trinajstić information content (AvgIpc) is 2.39. The molecule has 2 aromatic heterocycles. The van der Waals surface area contributed by atoms with Crippen molar-refractivity contribution in [3.05, 3.63) is 52.6 Å². The highest BCUT2D eigenvalue weighted by Crippen LogP contribution is 2.29. The van der Waals surface area contributed by atoms with E-state index in [0.29, 0.717) is 0 Å². The van der Waals surface area contributed by atoms with Crippen LogP contribution in [0.1, 0.15) is 10.4 Å². The van der Waals surface area contributed by atoms with Crippen LogP contribution < -0.4 is 4.74 Å². The van der Waals surface area contributed by atoms with E-state index in [2.05, 4.69) is 9.97 Å². The molecule has 1 N–H and O–H groups in total. The third kappa shape index (κ3) is 2.80. The Morgan fingerprint density at radius 2 is 2.11 bits per heavy atom. The Balaban J connectivity index is 2.34. The highest BCUT2D eigenvalue weighted by Gasteiger charge is 2.16. The molecule has 96 valence electrons. The van der Waals surface area contributed by atoms with Crippen LogP contribution >= 0.6 is 0 Å². The molecule has 0 bridgehead atoms. The zero-order valence-electron chi connectivity index (χ0n) is 9.39. The maximum Gasteiger partial charge on any atom is 0.337 e. The smallest absolute Gasteiger partial charge is 0.337 e. The SMILES string of the molecule is O=C(O)c1cncc(Oc2ccncc2[N+](=O)[O-])c1. The van der Waals surface area contributed by atoms with Gasteiger partial charge >= 0.3 is 11.7 Å². The van der Waals surface area contributed by atoms with Crippen LogP contribution in [0.15, 0.2) is 36.9 Å². The van der Waals surface area contributed by atoms with Gasteiger partial charge in [0.1, 0.15) is 11.9 Å². The fourth-order valence-corrected chi connectivity index (χ4v) is 1.32. The van der Waals surface area contributed by atoms with Crippen LogP contribution in [0.4, 0.5) is 5.69 Å². The predicted molar refractivity (Wildman–Crippen MR) is 62.2 cm³/mol. The van der Waals surface area contributed by atoms with Crippen LogP contribution in [0, 0.1) is 10.1 Å². The van der Waals surface area contributed by atoms with E-state index in [1.165, 1.54) is 24.5 Å². The monoisotopic (exact) mass is 261 g/mol. The van der Waals surface area contributed by atoms with Crippen molar-refractivity contribution >= 4 is 11.7 Å². The van der Waals surface area contributed by atoms with E-state index in [0.717, 1.165) is 12.4 Å². The Labute approximate surface area is 106 Å². The first-order chi connectivity index (χ1) is 9.08. The number of carboxylic acids is 1. The topological polar surface area (TPSA) is 115 Å². The van der Waals surface area contributed by atoms with Crippen molar-refractivity contribution < 1.29 is 19.6 Å². The van der Waals surface area contributed by atoms with Crippen LogP contribution in [0.3, 0.4) is 0 Å². The Morgan fingerprint density at radius 1 is 1.32 bits per heavy atom. The number of pyridine rings is 2. The van der Waals surface area contributed by atoms with Crippen molar-refractivity contribution in [1.29, 1.82) is 0 Å². The molecule has 0 saturated heterocycles. The predicted octanol–water partition coefficient (Wildman–Crippen LogP) is 1.88. The summed E-state index contributed by atoms with van der Waals surface area (Å²) in [4.78, 5) is 28.2. The summed E-state index contributed by atoms with van der Waals surface area (Å²) >= 11 is 0. The second-order valence-electron chi connectivity index (χ2n) is 3.42. The lowest BCUT2D eigenvalue weighted by Gasteiger charge is -2.05. The van der Waals surface area contributed by atoms with Crippen molar-refractivity contribution in [2.75, 3.05) is 0 Å². The van der Waals surface area contributed by atoms with Gasteiger partial charge in [0.05, 0.1) is 16.7 Å². The molecule has 2 rings (SSSR count). The average molecular weight is 261 g/mol. The molecular weight excluding hydrogens is 254 g/mol. The molecule has 0 aliphatic carbocycles. The number of rotatable bonds is 4. The minimum Gasteiger partial charge on any atom is -0.478 e. The normalized spacial score (nSPS) is 9.89. The molecule has 0 aromatic carbocycles. The van der Waals surface area contributed by atoms with Gasteiger partial charge in [-0.05, 0) is 6.07 Å². The molecule has 2 aromatic rings. The number of nitro groups is 1. The minimum atomic E-state index is -1.16. The fraction of sp³-hybridized carbons (Fsp3) is 0. The number of carbonyl (C=O) groups is 1. The van der Waals surface area contributed by atoms with E-state index in [4.69, 9.17) is 9.84 Å². The Hall–Kier alpha value is -3.03. The first kappa shape index (κ1) is 12.4. The molecular formula is C11H7N3O5. The molecule has 0 fully saturated rings. The second-order valence-corrected chi connectivity index (χ2v) is 3.42. The van der Waals surface area contributed by atoms with Crippen LogP contribution in [-0.4, -0.2) is 26.0 Å². The summed E-state index contributed by atoms with van der Waals surface area (Å²) in [5.74, 6) is -1.11. The lowest BCUT2D eigenvalue weighted by molar-refractivity contribution is -0.386. The minimum absolute atomic E-state index is 0.0376. The standard InChI is InChI=1S/C11H7N3O5/c15-11(16)7-3-8(5-13-4-7)19-10-1-2-12-6-9(10)14(17)18/h1-6H,(H,15,16). The summed E-state index contributed by atoms with van der Waals surface area (Å²) in [6.45, 7) is 0. The van der Waals surface area contributed by atoms with Gasteiger partial charge in [0, 0.05) is 18.5 Å². The number of hydrogen-bond donors (Lipinski definition) is 1. The van der Waals surface area contributed by atoms with Crippen molar-refractivity contribution in [3.8, 4) is 11.5 Å². The summed E-state index contributed by atoms with van der Waals surface area (Å²) in [5.41, 5.74) is -0.391. The third-order valence-corrected chi connectivity index (χ3v) is 2.15. The molecule has 8 nitrogen and oxygen atoms in total. The summed E-state index contributed by atoms with van der Waals surface area (Å²) in [6.07, 6.45) is 4.79. The van der Waals surface area contributed by atoms with Crippen LogP contribution in [0.25, 0.3) is 0 Å². The molecule has 2 heterocycles. The van der Waals surface area contributed by atoms with E-state index in [9.17, 15) is 14.9 Å². The van der Waals surface area contributed by atoms with Crippen molar-refractivity contribution in [2.45, 2.75) is 0 Å². The Bertz CT molecular complexity index is 644. The number of hydrogen-bond acceptors (Lipinski definition) is 6. The maximum absolute atomic E-state index is 10.8. The number of nitrogens with zero attached hydrogens (tertiary/aromatic N) is 3. The number of aromatic nitrogens is 2. The van der Waals surface area contributed by atoms with Crippen molar-refractivity contribution in [2.24, 2.45) is 0 Å². The first-order valence-corrected chi connectivity index (χ1v) is 5.02. The lowest BCUT2D eigenvalue weighted by Crippen LogP contribution is -1.98. The maximum atomic E-state index is 10.8. The molecule has 0 amide bonds. The number of carboxylic acid groups (broad SMARTS) is 1. The molecule has 0 aliphatic heterocycles. The van der Waals surface area contributed by atoms with Gasteiger partial charge in [0.15, 0.2) is 0 Å². The second kappa shape index (κ2) is 5.08. The van der Waals surface area contributed by atoms with Crippen molar-refractivity contribution in [3.63, 3.8) is 0 Å². The van der Waals surface area contributed by atoms with Gasteiger partial charge in [-0.1, -0.05) is 0 Å². The zero-order valence-corrected chi connectivity index (χ0v) is 9.39. The van der Waals surface area contributed by atoms with Gasteiger partial charge in [-0.3, -0.25) is 20.1 Å². The molecule has 0 aliphatic rings. The molecule has 0 unspecified atom stereocenters. The Morgan fingerprint density at radius 3 is 2.79 bits per heavy atom. The van der Waals surface area contributed by atoms with E-state index >= 15 is 0 Å². The Kier molecular flexibility index (Phi) is 3.33. The van der Waals surface area contributed by atoms with Gasteiger partial charge in [-0.15, -0.1) is 0 Å². The third-order valence-electron chi connectivity index (χ3n) is 2.15. The quantitative estimate of drug-likeness (QED) is 0.659. The van der Waals surface area contributed by atoms with Gasteiger partial charge in [-0.25, -0.2) is 4.79 Å². The molecule has 0 atom stereocenters. The molecule has 0 spiro atoms. The van der Waals surface area contributed by atoms with Crippen LogP contribution in [-0.2, 0) is 0 Å². The highest BCUT2D eigenvalue weighted by atomic mass is 16.6. The van der Waals surface area contributed by atoms with Crippen LogP contribution in [0.5, 0.6) is 11.5 Å². The largest absolute Gasteiger partial charge is 0.478 e. The number of ether oxygens (including phenoxy) is 1. The summed E-state index contributed by atoms with van der Waals surface area (Å²) in [7, 11) is 0. The van der Waals surface area contributed by atoms with E-state index in [1.54, 1.807) is 0 Å². The highest BCUT2D eigenvalue weighted by molar-refractivity contribution is 5.87. The molecule has 19 heavy (non-hydrogen) atoms. The fourth-order valence-electron chi connectivity index (χ4n) is 1.32. The van der Waals surface area contributed by atoms with Gasteiger partial charge in [0.2, 0.25) is 5.75 Å². The van der Waals surface area contributed by atoms with Gasteiger partial charge in [0.25, 0.3) is 0 Å². The summed E-state index contributed by atoms with van der Waals surface area (Å²) < 4.78 is 5.25. The van der Waals surface area contributed by atoms with E-state index in [-0.39, 0.29) is 22.7 Å². The van der Waals surface area contributed by atoms with E-state index < -0.39 is 10.9 Å². The summed E-state index contributed by atoms with van der Waals surface area (Å²) in [5, 5.41) is 19.6. The van der Waals surface area contributed by atoms with Gasteiger partial charge < -0.3 is 9.84 Å². The van der Waals surface area contributed by atoms with Gasteiger partial charge in [-0.2, -0.15) is 0 Å². The lowest BCUT2D eigenvalue weighted by atomic mass is 10.3. The van der Waals surface area contributed by atoms with E-state index in [1.807, 2.05) is 0 Å². The number of aromatic carboxylic acids is 1. The summed E-state index contributed by atoms with van der Waals surface area (Å²) in [6, 6.07) is 2.53. The molecule has 8 heteroatoms. The zero-order chi connectivity index (χ0) is 13.8. The molecule has 0 saturated carbocycles. The first-order valence-electron chi connectivity index (χ1n) is 5.02.